The van der Waals surface area contributed by atoms with Gasteiger partial charge in [-0.05, 0) is 25.7 Å². The number of carbonyl (C=O) groups is 1. The summed E-state index contributed by atoms with van der Waals surface area (Å²) in [6, 6.07) is 0. The van der Waals surface area contributed by atoms with Crippen molar-refractivity contribution in [2.75, 3.05) is 14.2 Å². The van der Waals surface area contributed by atoms with E-state index in [1.54, 1.807) is 6.19 Å². The standard InChI is InChI=1S/C9H14N2O2/c1-11(7-10)8(12)9(13-2)5-3-4-6-9/h3-6H2,1-2H3. The SMILES string of the molecule is COC1(C(=O)N(C)C#N)CCCC1. The number of likely N-dealkylation sites (N-methyl/N-ethyl adjacent to an activating group) is 1. The van der Waals surface area contributed by atoms with E-state index in [1.807, 2.05) is 0 Å². The molecule has 0 aromatic heterocycles. The summed E-state index contributed by atoms with van der Waals surface area (Å²) in [6.45, 7) is 0. The van der Waals surface area contributed by atoms with Gasteiger partial charge < -0.3 is 4.74 Å². The van der Waals surface area contributed by atoms with Gasteiger partial charge in [-0.3, -0.25) is 4.79 Å². The molecule has 0 spiro atoms. The summed E-state index contributed by atoms with van der Waals surface area (Å²) in [7, 11) is 3.01. The molecule has 0 N–H and O–H groups in total. The van der Waals surface area contributed by atoms with Gasteiger partial charge in [0.1, 0.15) is 5.60 Å². The van der Waals surface area contributed by atoms with E-state index in [0.29, 0.717) is 0 Å². The number of carbonyl (C=O) groups excluding carboxylic acids is 1. The molecule has 0 heterocycles. The lowest BCUT2D eigenvalue weighted by Gasteiger charge is -2.27. The topological polar surface area (TPSA) is 53.3 Å². The average molecular weight is 182 g/mol. The number of methoxy groups -OCH3 is 1. The molecule has 4 heteroatoms. The van der Waals surface area contributed by atoms with Gasteiger partial charge in [0, 0.05) is 14.2 Å². The van der Waals surface area contributed by atoms with Gasteiger partial charge in [-0.2, -0.15) is 5.26 Å². The molecule has 0 bridgehead atoms. The van der Waals surface area contributed by atoms with E-state index < -0.39 is 5.60 Å². The van der Waals surface area contributed by atoms with Gasteiger partial charge in [0.15, 0.2) is 6.19 Å². The van der Waals surface area contributed by atoms with Gasteiger partial charge in [0.05, 0.1) is 0 Å². The van der Waals surface area contributed by atoms with E-state index in [9.17, 15) is 4.79 Å². The number of rotatable bonds is 2. The highest BCUT2D eigenvalue weighted by atomic mass is 16.5. The number of nitrogens with zero attached hydrogens (tertiary/aromatic N) is 2. The smallest absolute Gasteiger partial charge is 0.267 e. The van der Waals surface area contributed by atoms with Gasteiger partial charge in [-0.15, -0.1) is 0 Å². The summed E-state index contributed by atoms with van der Waals surface area (Å²) in [5.41, 5.74) is -0.718. The lowest BCUT2D eigenvalue weighted by atomic mass is 10.0. The quantitative estimate of drug-likeness (QED) is 0.470. The summed E-state index contributed by atoms with van der Waals surface area (Å²) in [6.07, 6.45) is 5.26. The third-order valence-corrected chi connectivity index (χ3v) is 2.65. The van der Waals surface area contributed by atoms with Crippen LogP contribution in [0, 0.1) is 11.5 Å². The molecule has 4 nitrogen and oxygen atoms in total. The normalized spacial score (nSPS) is 19.5. The molecule has 0 atom stereocenters. The van der Waals surface area contributed by atoms with Crippen LogP contribution >= 0.6 is 0 Å². The average Bonchev–Trinajstić information content (AvgIpc) is 2.65. The Labute approximate surface area is 78.1 Å². The van der Waals surface area contributed by atoms with Crippen LogP contribution in [0.1, 0.15) is 25.7 Å². The zero-order valence-corrected chi connectivity index (χ0v) is 8.04. The predicted octanol–water partition coefficient (Wildman–Crippen LogP) is 0.885. The minimum atomic E-state index is -0.718. The van der Waals surface area contributed by atoms with Crippen molar-refractivity contribution < 1.29 is 9.53 Å². The monoisotopic (exact) mass is 182 g/mol. The molecule has 0 aromatic rings. The molecule has 1 rings (SSSR count). The Kier molecular flexibility index (Phi) is 2.89. The number of hydrogen-bond donors (Lipinski definition) is 0. The van der Waals surface area contributed by atoms with Crippen molar-refractivity contribution in [1.82, 2.24) is 4.90 Å². The molecule has 0 radical (unpaired) electrons. The number of ether oxygens (including phenoxy) is 1. The predicted molar refractivity (Wildman–Crippen MR) is 46.6 cm³/mol. The Bertz CT molecular complexity index is 238. The highest BCUT2D eigenvalue weighted by Gasteiger charge is 2.43. The maximum Gasteiger partial charge on any atom is 0.267 e. The van der Waals surface area contributed by atoms with Gasteiger partial charge in [0.2, 0.25) is 0 Å². The summed E-state index contributed by atoms with van der Waals surface area (Å²) in [5, 5.41) is 8.58. The first kappa shape index (κ1) is 10.0. The van der Waals surface area contributed by atoms with Crippen molar-refractivity contribution in [2.45, 2.75) is 31.3 Å². The highest BCUT2D eigenvalue weighted by molar-refractivity contribution is 5.86. The lowest BCUT2D eigenvalue weighted by Crippen LogP contribution is -2.45. The van der Waals surface area contributed by atoms with E-state index in [4.69, 9.17) is 10.00 Å². The summed E-state index contributed by atoms with van der Waals surface area (Å²) < 4.78 is 5.24. The van der Waals surface area contributed by atoms with E-state index in [-0.39, 0.29) is 5.91 Å². The first-order valence-corrected chi connectivity index (χ1v) is 4.39. The fraction of sp³-hybridized carbons (Fsp3) is 0.778. The second-order valence-corrected chi connectivity index (χ2v) is 3.37. The molecular weight excluding hydrogens is 168 g/mol. The van der Waals surface area contributed by atoms with Crippen molar-refractivity contribution in [3.05, 3.63) is 0 Å². The van der Waals surface area contributed by atoms with Gasteiger partial charge in [-0.1, -0.05) is 0 Å². The van der Waals surface area contributed by atoms with Crippen LogP contribution in [0.2, 0.25) is 0 Å². The first-order chi connectivity index (χ1) is 6.16. The largest absolute Gasteiger partial charge is 0.368 e. The Morgan fingerprint density at radius 2 is 2.08 bits per heavy atom. The van der Waals surface area contributed by atoms with E-state index in [0.717, 1.165) is 30.6 Å². The van der Waals surface area contributed by atoms with Gasteiger partial charge >= 0.3 is 0 Å². The number of nitriles is 1. The van der Waals surface area contributed by atoms with Crippen molar-refractivity contribution >= 4 is 5.91 Å². The Balaban J connectivity index is 2.78. The van der Waals surface area contributed by atoms with Crippen LogP contribution < -0.4 is 0 Å². The molecule has 0 aromatic carbocycles. The maximum absolute atomic E-state index is 11.7. The van der Waals surface area contributed by atoms with E-state index in [2.05, 4.69) is 0 Å². The van der Waals surface area contributed by atoms with Crippen molar-refractivity contribution in [1.29, 1.82) is 5.26 Å². The third kappa shape index (κ3) is 1.65. The fourth-order valence-electron chi connectivity index (χ4n) is 1.80. The maximum atomic E-state index is 11.7. The summed E-state index contributed by atoms with van der Waals surface area (Å²) in [5.74, 6) is -0.213. The van der Waals surface area contributed by atoms with Crippen LogP contribution in [-0.4, -0.2) is 30.6 Å². The molecule has 1 fully saturated rings. The molecule has 1 aliphatic carbocycles. The molecule has 0 aliphatic heterocycles. The summed E-state index contributed by atoms with van der Waals surface area (Å²) in [4.78, 5) is 12.8. The molecule has 1 saturated carbocycles. The minimum absolute atomic E-state index is 0.213. The molecular formula is C9H14N2O2. The van der Waals surface area contributed by atoms with Crippen molar-refractivity contribution in [2.24, 2.45) is 0 Å². The van der Waals surface area contributed by atoms with Crippen LogP contribution in [0.25, 0.3) is 0 Å². The Morgan fingerprint density at radius 1 is 1.54 bits per heavy atom. The van der Waals surface area contributed by atoms with Crippen molar-refractivity contribution in [3.63, 3.8) is 0 Å². The molecule has 1 aliphatic rings. The van der Waals surface area contributed by atoms with Gasteiger partial charge in [-0.25, -0.2) is 4.90 Å². The first-order valence-electron chi connectivity index (χ1n) is 4.39. The molecule has 72 valence electrons. The number of amides is 1. The zero-order chi connectivity index (χ0) is 9.90. The van der Waals surface area contributed by atoms with E-state index >= 15 is 0 Å². The molecule has 1 amide bonds. The molecule has 0 unspecified atom stereocenters. The van der Waals surface area contributed by atoms with Gasteiger partial charge in [0.25, 0.3) is 5.91 Å². The highest BCUT2D eigenvalue weighted by Crippen LogP contribution is 2.33. The second kappa shape index (κ2) is 3.75. The molecule has 0 saturated heterocycles. The molecule has 13 heavy (non-hydrogen) atoms. The van der Waals surface area contributed by atoms with Crippen LogP contribution in [-0.2, 0) is 9.53 Å². The van der Waals surface area contributed by atoms with Crippen molar-refractivity contribution in [3.8, 4) is 6.19 Å². The van der Waals surface area contributed by atoms with E-state index in [1.165, 1.54) is 14.2 Å². The lowest BCUT2D eigenvalue weighted by molar-refractivity contribution is -0.149. The Morgan fingerprint density at radius 3 is 2.46 bits per heavy atom. The fourth-order valence-corrected chi connectivity index (χ4v) is 1.80. The third-order valence-electron chi connectivity index (χ3n) is 2.65. The van der Waals surface area contributed by atoms with Crippen LogP contribution in [0.3, 0.4) is 0 Å². The van der Waals surface area contributed by atoms with Crippen LogP contribution in [0.15, 0.2) is 0 Å². The number of hydrogen-bond acceptors (Lipinski definition) is 3. The van der Waals surface area contributed by atoms with Crippen LogP contribution in [0.4, 0.5) is 0 Å². The van der Waals surface area contributed by atoms with Crippen LogP contribution in [0.5, 0.6) is 0 Å². The summed E-state index contributed by atoms with van der Waals surface area (Å²) >= 11 is 0. The second-order valence-electron chi connectivity index (χ2n) is 3.37. The zero-order valence-electron chi connectivity index (χ0n) is 8.04. The minimum Gasteiger partial charge on any atom is -0.368 e. The Hall–Kier alpha value is -1.08.